The predicted octanol–water partition coefficient (Wildman–Crippen LogP) is 3.34. The number of esters is 1. The van der Waals surface area contributed by atoms with Crippen LogP contribution in [0.25, 0.3) is 11.0 Å². The van der Waals surface area contributed by atoms with Crippen LogP contribution in [0.1, 0.15) is 40.2 Å². The van der Waals surface area contributed by atoms with Gasteiger partial charge >= 0.3 is 5.97 Å². The van der Waals surface area contributed by atoms with Gasteiger partial charge in [0.1, 0.15) is 5.65 Å². The summed E-state index contributed by atoms with van der Waals surface area (Å²) in [4.78, 5) is 16.2. The minimum absolute atomic E-state index is 0.309. The van der Waals surface area contributed by atoms with Gasteiger partial charge in [-0.15, -0.1) is 0 Å². The van der Waals surface area contributed by atoms with Crippen molar-refractivity contribution in [3.8, 4) is 0 Å². The van der Waals surface area contributed by atoms with Gasteiger partial charge in [-0.3, -0.25) is 0 Å². The quantitative estimate of drug-likeness (QED) is 0.734. The van der Waals surface area contributed by atoms with Crippen LogP contribution in [0.15, 0.2) is 48.8 Å². The molecule has 0 atom stereocenters. The van der Waals surface area contributed by atoms with Crippen molar-refractivity contribution in [3.05, 3.63) is 65.5 Å². The summed E-state index contributed by atoms with van der Waals surface area (Å²) in [5.74, 6) is 0.299. The molecule has 0 bridgehead atoms. The minimum Gasteiger partial charge on any atom is -0.465 e. The number of ether oxygens (including phenoxy) is 1. The minimum atomic E-state index is -0.309. The molecule has 1 saturated heterocycles. The van der Waals surface area contributed by atoms with Crippen LogP contribution in [0.5, 0.6) is 0 Å². The lowest BCUT2D eigenvalue weighted by Gasteiger charge is -2.23. The normalized spacial score (nSPS) is 15.3. The van der Waals surface area contributed by atoms with Gasteiger partial charge < -0.3 is 14.6 Å². The second kappa shape index (κ2) is 7.30. The standard InChI is InChI=1S/C21H23N3O2/c1-26-21(25)17-4-2-15(3-5-17)14-24-13-9-19-18(8-12-23-20(19)24)16-6-10-22-11-7-16/h2-5,8-9,12-13,16,22H,6-7,10-11,14H2,1H3. The molecule has 0 unspecified atom stereocenters. The number of methoxy groups -OCH3 is 1. The van der Waals surface area contributed by atoms with E-state index < -0.39 is 0 Å². The Kier molecular flexibility index (Phi) is 4.71. The molecule has 0 saturated carbocycles. The van der Waals surface area contributed by atoms with Crippen molar-refractivity contribution in [2.75, 3.05) is 20.2 Å². The van der Waals surface area contributed by atoms with E-state index in [9.17, 15) is 4.79 Å². The molecule has 0 radical (unpaired) electrons. The van der Waals surface area contributed by atoms with Crippen molar-refractivity contribution in [2.24, 2.45) is 0 Å². The zero-order valence-electron chi connectivity index (χ0n) is 14.9. The number of nitrogens with zero attached hydrogens (tertiary/aromatic N) is 2. The molecule has 5 nitrogen and oxygen atoms in total. The highest BCUT2D eigenvalue weighted by atomic mass is 16.5. The molecular weight excluding hydrogens is 326 g/mol. The zero-order valence-corrected chi connectivity index (χ0v) is 14.9. The molecular formula is C21H23N3O2. The SMILES string of the molecule is COC(=O)c1ccc(Cn2ccc3c(C4CCNCC4)ccnc32)cc1. The number of carbonyl (C=O) groups excluding carboxylic acids is 1. The van der Waals surface area contributed by atoms with Crippen LogP contribution in [0.3, 0.4) is 0 Å². The maximum absolute atomic E-state index is 11.6. The lowest BCUT2D eigenvalue weighted by atomic mass is 9.89. The zero-order chi connectivity index (χ0) is 17.9. The Balaban J connectivity index is 1.60. The number of hydrogen-bond donors (Lipinski definition) is 1. The van der Waals surface area contributed by atoms with Crippen molar-refractivity contribution in [1.82, 2.24) is 14.9 Å². The van der Waals surface area contributed by atoms with Crippen LogP contribution < -0.4 is 5.32 Å². The Hall–Kier alpha value is -2.66. The fraction of sp³-hybridized carbons (Fsp3) is 0.333. The van der Waals surface area contributed by atoms with Crippen molar-refractivity contribution < 1.29 is 9.53 Å². The number of piperidine rings is 1. The average Bonchev–Trinajstić information content (AvgIpc) is 3.11. The molecule has 26 heavy (non-hydrogen) atoms. The van der Waals surface area contributed by atoms with Crippen LogP contribution in [0.2, 0.25) is 0 Å². The number of hydrogen-bond acceptors (Lipinski definition) is 4. The van der Waals surface area contributed by atoms with Crippen molar-refractivity contribution in [3.63, 3.8) is 0 Å². The maximum Gasteiger partial charge on any atom is 0.337 e. The Labute approximate surface area is 153 Å². The number of carbonyl (C=O) groups is 1. The van der Waals surface area contributed by atoms with E-state index >= 15 is 0 Å². The number of benzene rings is 1. The monoisotopic (exact) mass is 349 g/mol. The van der Waals surface area contributed by atoms with Gasteiger partial charge in [0.15, 0.2) is 0 Å². The second-order valence-electron chi connectivity index (χ2n) is 6.79. The van der Waals surface area contributed by atoms with Gasteiger partial charge in [-0.25, -0.2) is 9.78 Å². The van der Waals surface area contributed by atoms with E-state index in [0.29, 0.717) is 11.5 Å². The summed E-state index contributed by atoms with van der Waals surface area (Å²) in [6.45, 7) is 2.90. The molecule has 2 aromatic heterocycles. The van der Waals surface area contributed by atoms with E-state index in [1.807, 2.05) is 18.3 Å². The number of pyridine rings is 1. The lowest BCUT2D eigenvalue weighted by Crippen LogP contribution is -2.26. The summed E-state index contributed by atoms with van der Waals surface area (Å²) in [7, 11) is 1.40. The first kappa shape index (κ1) is 16.8. The van der Waals surface area contributed by atoms with Crippen LogP contribution >= 0.6 is 0 Å². The molecule has 1 aliphatic heterocycles. The molecule has 1 aromatic carbocycles. The van der Waals surface area contributed by atoms with E-state index in [1.165, 1.54) is 30.9 Å². The third-order valence-electron chi connectivity index (χ3n) is 5.20. The van der Waals surface area contributed by atoms with Gasteiger partial charge in [0.05, 0.1) is 12.7 Å². The van der Waals surface area contributed by atoms with E-state index in [4.69, 9.17) is 4.74 Å². The Morgan fingerprint density at radius 1 is 1.19 bits per heavy atom. The van der Waals surface area contributed by atoms with Gasteiger partial charge in [0.2, 0.25) is 0 Å². The molecule has 5 heteroatoms. The molecule has 4 rings (SSSR count). The smallest absolute Gasteiger partial charge is 0.337 e. The third kappa shape index (κ3) is 3.22. The molecule has 3 aromatic rings. The Bertz CT molecular complexity index is 909. The second-order valence-corrected chi connectivity index (χ2v) is 6.79. The largest absolute Gasteiger partial charge is 0.465 e. The number of aromatic nitrogens is 2. The highest BCUT2D eigenvalue weighted by Gasteiger charge is 2.18. The molecule has 134 valence electrons. The van der Waals surface area contributed by atoms with Gasteiger partial charge in [-0.05, 0) is 67.2 Å². The Morgan fingerprint density at radius 2 is 1.96 bits per heavy atom. The summed E-state index contributed by atoms with van der Waals surface area (Å²) in [6.07, 6.45) is 6.39. The number of fused-ring (bicyclic) bond motifs is 1. The van der Waals surface area contributed by atoms with Crippen LogP contribution in [-0.4, -0.2) is 35.7 Å². The van der Waals surface area contributed by atoms with Gasteiger partial charge in [0, 0.05) is 24.3 Å². The average molecular weight is 349 g/mol. The van der Waals surface area contributed by atoms with Crippen LogP contribution in [0, 0.1) is 0 Å². The third-order valence-corrected chi connectivity index (χ3v) is 5.20. The predicted molar refractivity (Wildman–Crippen MR) is 101 cm³/mol. The van der Waals surface area contributed by atoms with Crippen molar-refractivity contribution in [1.29, 1.82) is 0 Å². The summed E-state index contributed by atoms with van der Waals surface area (Å²) in [5, 5.41) is 4.69. The molecule has 1 fully saturated rings. The fourth-order valence-corrected chi connectivity index (χ4v) is 3.79. The van der Waals surface area contributed by atoms with Crippen molar-refractivity contribution in [2.45, 2.75) is 25.3 Å². The Morgan fingerprint density at radius 3 is 2.69 bits per heavy atom. The summed E-state index contributed by atoms with van der Waals surface area (Å²) >= 11 is 0. The first-order valence-corrected chi connectivity index (χ1v) is 9.08. The van der Waals surface area contributed by atoms with Gasteiger partial charge in [0.25, 0.3) is 0 Å². The van der Waals surface area contributed by atoms with Crippen LogP contribution in [0.4, 0.5) is 0 Å². The molecule has 1 aliphatic rings. The first-order chi connectivity index (χ1) is 12.8. The fourth-order valence-electron chi connectivity index (χ4n) is 3.79. The molecule has 3 heterocycles. The van der Waals surface area contributed by atoms with Gasteiger partial charge in [-0.1, -0.05) is 12.1 Å². The molecule has 1 N–H and O–H groups in total. The van der Waals surface area contributed by atoms with E-state index in [-0.39, 0.29) is 5.97 Å². The van der Waals surface area contributed by atoms with E-state index in [2.05, 4.69) is 33.2 Å². The lowest BCUT2D eigenvalue weighted by molar-refractivity contribution is 0.0600. The molecule has 0 amide bonds. The molecule has 0 aliphatic carbocycles. The van der Waals surface area contributed by atoms with E-state index in [1.54, 1.807) is 12.1 Å². The topological polar surface area (TPSA) is 56.1 Å². The highest BCUT2D eigenvalue weighted by molar-refractivity contribution is 5.89. The first-order valence-electron chi connectivity index (χ1n) is 9.08. The van der Waals surface area contributed by atoms with Crippen LogP contribution in [-0.2, 0) is 11.3 Å². The van der Waals surface area contributed by atoms with Crippen molar-refractivity contribution >= 4 is 17.0 Å². The number of nitrogens with one attached hydrogen (secondary N) is 1. The van der Waals surface area contributed by atoms with E-state index in [0.717, 1.165) is 30.8 Å². The van der Waals surface area contributed by atoms with Gasteiger partial charge in [-0.2, -0.15) is 0 Å². The maximum atomic E-state index is 11.6. The summed E-state index contributed by atoms with van der Waals surface area (Å²) < 4.78 is 6.93. The number of rotatable bonds is 4. The molecule has 0 spiro atoms. The highest BCUT2D eigenvalue weighted by Crippen LogP contribution is 2.31. The summed E-state index contributed by atoms with van der Waals surface area (Å²) in [5.41, 5.74) is 4.14. The summed E-state index contributed by atoms with van der Waals surface area (Å²) in [6, 6.07) is 11.9.